The van der Waals surface area contributed by atoms with Crippen molar-refractivity contribution in [1.82, 2.24) is 9.88 Å². The number of pyridine rings is 1. The van der Waals surface area contributed by atoms with Crippen LogP contribution in [0.4, 0.5) is 0 Å². The van der Waals surface area contributed by atoms with Crippen LogP contribution in [0.3, 0.4) is 0 Å². The summed E-state index contributed by atoms with van der Waals surface area (Å²) in [6.07, 6.45) is 7.84. The second-order valence-electron chi connectivity index (χ2n) is 8.33. The molecule has 0 radical (unpaired) electrons. The van der Waals surface area contributed by atoms with Crippen molar-refractivity contribution in [3.63, 3.8) is 0 Å². The van der Waals surface area contributed by atoms with Crippen LogP contribution in [0.5, 0.6) is 5.88 Å². The van der Waals surface area contributed by atoms with E-state index in [0.29, 0.717) is 5.92 Å². The minimum absolute atomic E-state index is 0.0208. The molecule has 0 aromatic carbocycles. The van der Waals surface area contributed by atoms with Gasteiger partial charge < -0.3 is 4.74 Å². The Morgan fingerprint density at radius 1 is 1.32 bits per heavy atom. The highest BCUT2D eigenvalue weighted by Gasteiger charge is 2.52. The minimum atomic E-state index is -1.16. The molecule has 1 atom stereocenters. The normalized spacial score (nSPS) is 33.4. The van der Waals surface area contributed by atoms with Crippen LogP contribution in [0.1, 0.15) is 24.0 Å². The van der Waals surface area contributed by atoms with Gasteiger partial charge in [0.25, 0.3) is 0 Å². The third-order valence-electron chi connectivity index (χ3n) is 5.33. The third-order valence-corrected chi connectivity index (χ3v) is 6.50. The van der Waals surface area contributed by atoms with Crippen LogP contribution in [0.25, 0.3) is 6.08 Å². The van der Waals surface area contributed by atoms with Gasteiger partial charge in [0.1, 0.15) is 5.60 Å². The van der Waals surface area contributed by atoms with E-state index in [1.54, 1.807) is 0 Å². The third kappa shape index (κ3) is 2.52. The lowest BCUT2D eigenvalue weighted by molar-refractivity contribution is -0.0814. The molecule has 3 saturated heterocycles. The van der Waals surface area contributed by atoms with Gasteiger partial charge in [0.05, 0.1) is 8.07 Å². The lowest BCUT2D eigenvalue weighted by Gasteiger charge is -2.50. The van der Waals surface area contributed by atoms with Crippen LogP contribution in [0.15, 0.2) is 18.0 Å². The maximum atomic E-state index is 6.40. The molecule has 0 saturated carbocycles. The minimum Gasteiger partial charge on any atom is -0.469 e. The Labute approximate surface area is 134 Å². The Bertz CT molecular complexity index is 614. The maximum Gasteiger partial charge on any atom is 0.217 e. The van der Waals surface area contributed by atoms with Crippen molar-refractivity contribution >= 4 is 14.1 Å². The van der Waals surface area contributed by atoms with Gasteiger partial charge in [-0.2, -0.15) is 0 Å². The van der Waals surface area contributed by atoms with E-state index in [2.05, 4.69) is 47.4 Å². The molecule has 0 aliphatic carbocycles. The molecule has 2 bridgehead atoms. The first-order chi connectivity index (χ1) is 10.4. The summed E-state index contributed by atoms with van der Waals surface area (Å²) in [6.45, 7) is 10.7. The molecule has 1 aromatic heterocycles. The number of aromatic nitrogens is 1. The average molecular weight is 315 g/mol. The van der Waals surface area contributed by atoms with Gasteiger partial charge in [-0.15, -0.1) is 0 Å². The van der Waals surface area contributed by atoms with Crippen LogP contribution < -0.4 is 4.74 Å². The van der Waals surface area contributed by atoms with Crippen molar-refractivity contribution in [2.24, 2.45) is 5.92 Å². The molecule has 4 heteroatoms. The fourth-order valence-corrected chi connectivity index (χ4v) is 4.86. The highest BCUT2D eigenvalue weighted by molar-refractivity contribution is 6.81. The van der Waals surface area contributed by atoms with Crippen LogP contribution in [0, 0.1) is 5.92 Å². The summed E-state index contributed by atoms with van der Waals surface area (Å²) >= 11 is 0. The van der Waals surface area contributed by atoms with Crippen LogP contribution >= 0.6 is 0 Å². The molecule has 5 rings (SSSR count). The number of rotatable bonds is 2. The van der Waals surface area contributed by atoms with E-state index in [9.17, 15) is 0 Å². The van der Waals surface area contributed by atoms with Crippen LogP contribution in [-0.4, -0.2) is 43.2 Å². The van der Waals surface area contributed by atoms with Crippen LogP contribution in [0.2, 0.25) is 19.6 Å². The Balaban J connectivity index is 1.58. The van der Waals surface area contributed by atoms with Crippen molar-refractivity contribution in [2.75, 3.05) is 19.6 Å². The van der Waals surface area contributed by atoms with E-state index in [-0.39, 0.29) is 5.60 Å². The van der Waals surface area contributed by atoms with Crippen molar-refractivity contribution in [3.05, 3.63) is 29.1 Å². The number of fused-ring (bicyclic) bond motifs is 3. The predicted molar refractivity (Wildman–Crippen MR) is 92.8 cm³/mol. The molecular weight excluding hydrogens is 288 g/mol. The van der Waals surface area contributed by atoms with Gasteiger partial charge in [-0.1, -0.05) is 31.4 Å². The monoisotopic (exact) mass is 314 g/mol. The maximum absolute atomic E-state index is 6.40. The quantitative estimate of drug-likeness (QED) is 0.783. The van der Waals surface area contributed by atoms with E-state index in [4.69, 9.17) is 4.74 Å². The lowest BCUT2D eigenvalue weighted by Crippen LogP contribution is -2.61. The first-order valence-corrected chi connectivity index (χ1v) is 12.1. The summed E-state index contributed by atoms with van der Waals surface area (Å²) in [5.41, 5.74) is 4.94. The topological polar surface area (TPSA) is 25.4 Å². The molecule has 4 aliphatic heterocycles. The number of hydrogen-bond acceptors (Lipinski definition) is 3. The molecule has 1 aromatic rings. The first kappa shape index (κ1) is 14.5. The smallest absolute Gasteiger partial charge is 0.217 e. The van der Waals surface area contributed by atoms with E-state index < -0.39 is 8.07 Å². The number of piperidine rings is 3. The van der Waals surface area contributed by atoms with Crippen LogP contribution in [-0.2, 0) is 6.42 Å². The fraction of sp³-hybridized carbons (Fsp3) is 0.611. The summed E-state index contributed by atoms with van der Waals surface area (Å²) in [6, 6.07) is 2.30. The van der Waals surface area contributed by atoms with Gasteiger partial charge >= 0.3 is 0 Å². The van der Waals surface area contributed by atoms with Crippen molar-refractivity contribution in [3.8, 4) is 5.88 Å². The average Bonchev–Trinajstić information content (AvgIpc) is 2.82. The van der Waals surface area contributed by atoms with E-state index in [1.807, 2.05) is 6.20 Å². The summed E-state index contributed by atoms with van der Waals surface area (Å²) in [4.78, 5) is 7.18. The summed E-state index contributed by atoms with van der Waals surface area (Å²) in [5.74, 6) is 1.60. The van der Waals surface area contributed by atoms with Gasteiger partial charge in [0.2, 0.25) is 5.88 Å². The second kappa shape index (κ2) is 4.93. The largest absolute Gasteiger partial charge is 0.469 e. The second-order valence-corrected chi connectivity index (χ2v) is 13.4. The number of ether oxygens (including phenoxy) is 1. The van der Waals surface area contributed by atoms with Gasteiger partial charge in [-0.3, -0.25) is 4.90 Å². The first-order valence-electron chi connectivity index (χ1n) is 8.53. The van der Waals surface area contributed by atoms with Crippen molar-refractivity contribution in [2.45, 2.75) is 44.5 Å². The molecule has 3 nitrogen and oxygen atoms in total. The molecule has 1 spiro atoms. The molecule has 4 aliphatic rings. The zero-order valence-electron chi connectivity index (χ0n) is 13.9. The van der Waals surface area contributed by atoms with E-state index >= 15 is 0 Å². The molecule has 5 heterocycles. The summed E-state index contributed by atoms with van der Waals surface area (Å²) in [7, 11) is -1.16. The number of nitrogens with zero attached hydrogens (tertiary/aromatic N) is 2. The van der Waals surface area contributed by atoms with E-state index in [1.165, 1.54) is 37.1 Å². The molecule has 3 fully saturated rings. The summed E-state index contributed by atoms with van der Waals surface area (Å²) < 4.78 is 6.40. The zero-order valence-corrected chi connectivity index (χ0v) is 14.9. The molecule has 0 N–H and O–H groups in total. The van der Waals surface area contributed by atoms with E-state index in [0.717, 1.165) is 18.8 Å². The predicted octanol–water partition coefficient (Wildman–Crippen LogP) is 3.37. The standard InChI is InChI=1S/C18H26N2OSi/c1-22(2,3)9-6-14-10-15-11-18(21-17(15)19-12-14)13-20-7-4-16(18)5-8-20/h6,9-10,12,16H,4-5,7-8,11,13H2,1-3H3. The molecular formula is C18H26N2OSi. The molecule has 22 heavy (non-hydrogen) atoms. The summed E-state index contributed by atoms with van der Waals surface area (Å²) in [5, 5.41) is 0. The SMILES string of the molecule is C[Si](C)(C)C=Cc1cnc2c(c1)CC1(CN3CCC1CC3)O2. The molecule has 0 amide bonds. The lowest BCUT2D eigenvalue weighted by atomic mass is 9.73. The van der Waals surface area contributed by atoms with Crippen molar-refractivity contribution in [1.29, 1.82) is 0 Å². The highest BCUT2D eigenvalue weighted by atomic mass is 28.3. The Morgan fingerprint density at radius 2 is 2.09 bits per heavy atom. The fourth-order valence-electron chi connectivity index (χ4n) is 4.16. The number of hydrogen-bond donors (Lipinski definition) is 0. The molecule has 118 valence electrons. The Kier molecular flexibility index (Phi) is 3.24. The van der Waals surface area contributed by atoms with Gasteiger partial charge in [0.15, 0.2) is 0 Å². The molecule has 1 unspecified atom stereocenters. The Hall–Kier alpha value is -1.13. The van der Waals surface area contributed by atoms with Crippen molar-refractivity contribution < 1.29 is 4.74 Å². The van der Waals surface area contributed by atoms with Gasteiger partial charge in [-0.25, -0.2) is 4.98 Å². The van der Waals surface area contributed by atoms with Gasteiger partial charge in [-0.05, 0) is 37.6 Å². The Morgan fingerprint density at radius 3 is 2.73 bits per heavy atom. The van der Waals surface area contributed by atoms with Gasteiger partial charge in [0, 0.05) is 30.6 Å². The highest BCUT2D eigenvalue weighted by Crippen LogP contribution is 2.46. The zero-order chi connectivity index (χ0) is 15.4.